The monoisotopic (exact) mass is 335 g/mol. The first-order valence-corrected chi connectivity index (χ1v) is 9.17. The highest BCUT2D eigenvalue weighted by Crippen LogP contribution is 2.28. The zero-order valence-electron chi connectivity index (χ0n) is 14.4. The number of hydrogen-bond acceptors (Lipinski definition) is 4. The largest absolute Gasteiger partial charge is 0.342 e. The standard InChI is InChI=1S/C20H25N5/c21-11-10-15(13-19-24-16-7-1-2-8-17(16)25-19)23-18-9-3-5-14-6-4-12-22-20(14)18/h1-2,4,6-8,12,15,18,23H,3,5,9-11,13,21H2,(H,24,25). The van der Waals surface area contributed by atoms with Gasteiger partial charge in [0.1, 0.15) is 5.82 Å². The van der Waals surface area contributed by atoms with Crippen molar-refractivity contribution in [3.63, 3.8) is 0 Å². The molecule has 0 spiro atoms. The van der Waals surface area contributed by atoms with Crippen molar-refractivity contribution in [2.45, 2.75) is 44.2 Å². The highest BCUT2D eigenvalue weighted by atomic mass is 15.0. The molecule has 2 aromatic heterocycles. The molecule has 4 rings (SSSR count). The molecule has 2 heterocycles. The van der Waals surface area contributed by atoms with Crippen LogP contribution in [0.5, 0.6) is 0 Å². The Hall–Kier alpha value is -2.24. The first kappa shape index (κ1) is 16.2. The summed E-state index contributed by atoms with van der Waals surface area (Å²) in [5.74, 6) is 1.02. The average molecular weight is 335 g/mol. The number of aryl methyl sites for hydroxylation is 1. The number of nitrogens with two attached hydrogens (primary N) is 1. The lowest BCUT2D eigenvalue weighted by Gasteiger charge is -2.29. The van der Waals surface area contributed by atoms with Gasteiger partial charge in [0.05, 0.1) is 16.7 Å². The number of rotatable bonds is 6. The van der Waals surface area contributed by atoms with E-state index in [4.69, 9.17) is 10.7 Å². The zero-order chi connectivity index (χ0) is 17.1. The van der Waals surface area contributed by atoms with E-state index in [0.717, 1.165) is 42.5 Å². The lowest BCUT2D eigenvalue weighted by Crippen LogP contribution is -2.38. The van der Waals surface area contributed by atoms with E-state index in [9.17, 15) is 0 Å². The molecular formula is C20H25N5. The molecule has 0 amide bonds. The fourth-order valence-electron chi connectivity index (χ4n) is 3.84. The van der Waals surface area contributed by atoms with Gasteiger partial charge in [-0.3, -0.25) is 4.98 Å². The molecule has 5 heteroatoms. The number of para-hydroxylation sites is 2. The van der Waals surface area contributed by atoms with E-state index in [1.807, 2.05) is 30.5 Å². The van der Waals surface area contributed by atoms with Crippen molar-refractivity contribution in [3.8, 4) is 0 Å². The summed E-state index contributed by atoms with van der Waals surface area (Å²) in [6.45, 7) is 0.666. The van der Waals surface area contributed by atoms with E-state index >= 15 is 0 Å². The van der Waals surface area contributed by atoms with Crippen molar-refractivity contribution in [1.82, 2.24) is 20.3 Å². The molecule has 0 fully saturated rings. The van der Waals surface area contributed by atoms with Gasteiger partial charge < -0.3 is 16.0 Å². The predicted molar refractivity (Wildman–Crippen MR) is 100 cm³/mol. The van der Waals surface area contributed by atoms with E-state index in [1.165, 1.54) is 17.7 Å². The summed E-state index contributed by atoms with van der Waals surface area (Å²) >= 11 is 0. The van der Waals surface area contributed by atoms with Crippen molar-refractivity contribution >= 4 is 11.0 Å². The third-order valence-electron chi connectivity index (χ3n) is 5.03. The first-order chi connectivity index (χ1) is 12.3. The predicted octanol–water partition coefficient (Wildman–Crippen LogP) is 2.89. The van der Waals surface area contributed by atoms with E-state index in [-0.39, 0.29) is 0 Å². The van der Waals surface area contributed by atoms with Crippen molar-refractivity contribution in [1.29, 1.82) is 0 Å². The van der Waals surface area contributed by atoms with Crippen LogP contribution in [0.1, 0.15) is 42.4 Å². The summed E-state index contributed by atoms with van der Waals surface area (Å²) in [6, 6.07) is 13.0. The maximum absolute atomic E-state index is 5.87. The Morgan fingerprint density at radius 2 is 2.16 bits per heavy atom. The van der Waals surface area contributed by atoms with Crippen molar-refractivity contribution in [2.75, 3.05) is 6.54 Å². The second kappa shape index (κ2) is 7.33. The van der Waals surface area contributed by atoms with Gasteiger partial charge in [0.2, 0.25) is 0 Å². The number of imidazole rings is 1. The molecule has 1 aromatic carbocycles. The number of H-pyrrole nitrogens is 1. The molecule has 0 saturated carbocycles. The summed E-state index contributed by atoms with van der Waals surface area (Å²) in [4.78, 5) is 12.8. The lowest BCUT2D eigenvalue weighted by atomic mass is 9.91. The zero-order valence-corrected chi connectivity index (χ0v) is 14.4. The second-order valence-corrected chi connectivity index (χ2v) is 6.84. The Kier molecular flexibility index (Phi) is 4.76. The third kappa shape index (κ3) is 3.57. The normalized spacial score (nSPS) is 18.2. The van der Waals surface area contributed by atoms with Gasteiger partial charge in [-0.2, -0.15) is 0 Å². The minimum atomic E-state index is 0.295. The number of fused-ring (bicyclic) bond motifs is 2. The fourth-order valence-corrected chi connectivity index (χ4v) is 3.84. The second-order valence-electron chi connectivity index (χ2n) is 6.84. The Bertz CT molecular complexity index is 808. The van der Waals surface area contributed by atoms with Gasteiger partial charge >= 0.3 is 0 Å². The molecule has 0 aliphatic heterocycles. The van der Waals surface area contributed by atoms with Gasteiger partial charge in [-0.25, -0.2) is 4.98 Å². The number of benzene rings is 1. The minimum absolute atomic E-state index is 0.295. The molecule has 2 atom stereocenters. The Labute approximate surface area is 148 Å². The van der Waals surface area contributed by atoms with E-state index < -0.39 is 0 Å². The maximum Gasteiger partial charge on any atom is 0.108 e. The van der Waals surface area contributed by atoms with Gasteiger partial charge in [0.15, 0.2) is 0 Å². The average Bonchev–Trinajstić information content (AvgIpc) is 3.04. The molecule has 3 aromatic rings. The van der Waals surface area contributed by atoms with Crippen LogP contribution in [-0.4, -0.2) is 27.5 Å². The summed E-state index contributed by atoms with van der Waals surface area (Å²) < 4.78 is 0. The van der Waals surface area contributed by atoms with Crippen LogP contribution in [0.3, 0.4) is 0 Å². The SMILES string of the molecule is NCCC(Cc1nc2ccccc2[nH]1)NC1CCCc2cccnc21. The van der Waals surface area contributed by atoms with Gasteiger partial charge in [-0.15, -0.1) is 0 Å². The quantitative estimate of drug-likeness (QED) is 0.647. The van der Waals surface area contributed by atoms with Crippen LogP contribution in [0.2, 0.25) is 0 Å². The van der Waals surface area contributed by atoms with Crippen LogP contribution in [-0.2, 0) is 12.8 Å². The number of aromatic amines is 1. The summed E-state index contributed by atoms with van der Waals surface area (Å²) in [5, 5.41) is 3.80. The summed E-state index contributed by atoms with van der Waals surface area (Å²) in [6.07, 6.45) is 7.14. The smallest absolute Gasteiger partial charge is 0.108 e. The number of hydrogen-bond donors (Lipinski definition) is 3. The van der Waals surface area contributed by atoms with Crippen LogP contribution < -0.4 is 11.1 Å². The number of aromatic nitrogens is 3. The van der Waals surface area contributed by atoms with Crippen LogP contribution in [0.25, 0.3) is 11.0 Å². The van der Waals surface area contributed by atoms with Gasteiger partial charge in [0.25, 0.3) is 0 Å². The molecular weight excluding hydrogens is 310 g/mol. The molecule has 130 valence electrons. The molecule has 0 bridgehead atoms. The molecule has 0 saturated heterocycles. The van der Waals surface area contributed by atoms with E-state index in [0.29, 0.717) is 18.6 Å². The van der Waals surface area contributed by atoms with Gasteiger partial charge in [-0.1, -0.05) is 18.2 Å². The van der Waals surface area contributed by atoms with Crippen LogP contribution in [0.15, 0.2) is 42.6 Å². The number of nitrogens with one attached hydrogen (secondary N) is 2. The van der Waals surface area contributed by atoms with Crippen LogP contribution >= 0.6 is 0 Å². The Morgan fingerprint density at radius 3 is 3.04 bits per heavy atom. The molecule has 25 heavy (non-hydrogen) atoms. The molecule has 1 aliphatic carbocycles. The minimum Gasteiger partial charge on any atom is -0.342 e. The maximum atomic E-state index is 5.87. The van der Waals surface area contributed by atoms with Crippen LogP contribution in [0, 0.1) is 0 Å². The molecule has 0 radical (unpaired) electrons. The van der Waals surface area contributed by atoms with Gasteiger partial charge in [0, 0.05) is 24.7 Å². The lowest BCUT2D eigenvalue weighted by molar-refractivity contribution is 0.370. The Morgan fingerprint density at radius 1 is 1.24 bits per heavy atom. The fraction of sp³-hybridized carbons (Fsp3) is 0.400. The number of pyridine rings is 1. The summed E-state index contributed by atoms with van der Waals surface area (Å²) in [5.41, 5.74) is 10.6. The van der Waals surface area contributed by atoms with Gasteiger partial charge in [-0.05, 0) is 56.0 Å². The van der Waals surface area contributed by atoms with Crippen LogP contribution in [0.4, 0.5) is 0 Å². The van der Waals surface area contributed by atoms with Crippen molar-refractivity contribution in [2.24, 2.45) is 5.73 Å². The molecule has 1 aliphatic rings. The Balaban J connectivity index is 1.52. The van der Waals surface area contributed by atoms with E-state index in [2.05, 4.69) is 27.4 Å². The first-order valence-electron chi connectivity index (χ1n) is 9.17. The molecule has 2 unspecified atom stereocenters. The van der Waals surface area contributed by atoms with Crippen molar-refractivity contribution in [3.05, 3.63) is 59.7 Å². The van der Waals surface area contributed by atoms with Crippen molar-refractivity contribution < 1.29 is 0 Å². The molecule has 4 N–H and O–H groups in total. The highest BCUT2D eigenvalue weighted by molar-refractivity contribution is 5.74. The highest BCUT2D eigenvalue weighted by Gasteiger charge is 2.24. The summed E-state index contributed by atoms with van der Waals surface area (Å²) in [7, 11) is 0. The third-order valence-corrected chi connectivity index (χ3v) is 5.03. The van der Waals surface area contributed by atoms with E-state index in [1.54, 1.807) is 0 Å². The molecule has 5 nitrogen and oxygen atoms in total. The topological polar surface area (TPSA) is 79.6 Å². The number of nitrogens with zero attached hydrogens (tertiary/aromatic N) is 2.